The van der Waals surface area contributed by atoms with Gasteiger partial charge in [-0.15, -0.1) is 0 Å². The van der Waals surface area contributed by atoms with Gasteiger partial charge in [-0.3, -0.25) is 0 Å². The van der Waals surface area contributed by atoms with Crippen LogP contribution >= 0.6 is 0 Å². The molecule has 176 valence electrons. The summed E-state index contributed by atoms with van der Waals surface area (Å²) in [6.07, 6.45) is 12.8. The van der Waals surface area contributed by atoms with Crippen LogP contribution in [0.1, 0.15) is 89.2 Å². The smallest absolute Gasteiger partial charge is 0.0610 e. The van der Waals surface area contributed by atoms with Gasteiger partial charge in [0.1, 0.15) is 0 Å². The fraction of sp³-hybridized carbons (Fsp3) is 0.759. The average molecular weight is 438 g/mol. The van der Waals surface area contributed by atoms with Crippen LogP contribution in [0, 0.1) is 47.3 Å². The van der Waals surface area contributed by atoms with Gasteiger partial charge in [0.05, 0.1) is 11.8 Å². The van der Waals surface area contributed by atoms with Crippen LogP contribution in [0.15, 0.2) is 29.4 Å². The molecule has 0 spiro atoms. The molecular formula is C29H43NO2. The van der Waals surface area contributed by atoms with Crippen LogP contribution in [0.4, 0.5) is 0 Å². The molecule has 0 saturated heterocycles. The number of hydrogen-bond donors (Lipinski definition) is 2. The van der Waals surface area contributed by atoms with E-state index in [1.807, 2.05) is 0 Å². The van der Waals surface area contributed by atoms with E-state index in [9.17, 15) is 10.3 Å². The Labute approximate surface area is 194 Å². The number of oxime groups is 1. The summed E-state index contributed by atoms with van der Waals surface area (Å²) in [7, 11) is 0. The molecule has 2 N–H and O–H groups in total. The molecule has 3 nitrogen and oxygen atoms in total. The van der Waals surface area contributed by atoms with Gasteiger partial charge in [-0.2, -0.15) is 0 Å². The molecule has 1 aromatic rings. The minimum Gasteiger partial charge on any atom is -0.411 e. The molecule has 0 radical (unpaired) electrons. The number of hydrogen-bond acceptors (Lipinski definition) is 3. The number of nitrogens with zero attached hydrogens (tertiary/aromatic N) is 1. The standard InChI is InChI=1S/C29H43NO2/c1-19-4-6-20(7-5-19)8-13-27(30-32)26-12-11-24-23-10-9-21-18-22(31)14-16-28(21,2)25(23)15-17-29(24,26)3/h4-7,21-26,31-32H,8-18H2,1-3H3/b30-27+/t21-,22-,23-,24-,25-,26+,28-,29-/m0/s1. The third-order valence-electron chi connectivity index (χ3n) is 11.0. The van der Waals surface area contributed by atoms with E-state index in [1.54, 1.807) is 0 Å². The predicted octanol–water partition coefficient (Wildman–Crippen LogP) is 6.78. The zero-order valence-corrected chi connectivity index (χ0v) is 20.4. The second-order valence-corrected chi connectivity index (χ2v) is 12.3. The van der Waals surface area contributed by atoms with E-state index in [1.165, 1.54) is 56.1 Å². The first-order valence-corrected chi connectivity index (χ1v) is 13.3. The highest BCUT2D eigenvalue weighted by Crippen LogP contribution is 2.67. The van der Waals surface area contributed by atoms with Gasteiger partial charge in [0.15, 0.2) is 0 Å². The summed E-state index contributed by atoms with van der Waals surface area (Å²) in [5.41, 5.74) is 4.40. The number of aliphatic hydroxyl groups excluding tert-OH is 1. The molecule has 0 unspecified atom stereocenters. The van der Waals surface area contributed by atoms with Crippen LogP contribution in [0.3, 0.4) is 0 Å². The third-order valence-corrected chi connectivity index (χ3v) is 11.0. The lowest BCUT2D eigenvalue weighted by Gasteiger charge is -2.61. The van der Waals surface area contributed by atoms with Crippen LogP contribution in [0.5, 0.6) is 0 Å². The molecule has 3 heteroatoms. The van der Waals surface area contributed by atoms with Crippen molar-refractivity contribution in [3.05, 3.63) is 35.4 Å². The average Bonchev–Trinajstić information content (AvgIpc) is 3.13. The molecule has 4 aliphatic rings. The van der Waals surface area contributed by atoms with E-state index in [2.05, 4.69) is 50.2 Å². The lowest BCUT2D eigenvalue weighted by Crippen LogP contribution is -2.54. The van der Waals surface area contributed by atoms with Gasteiger partial charge < -0.3 is 10.3 Å². The topological polar surface area (TPSA) is 52.8 Å². The van der Waals surface area contributed by atoms with Crippen molar-refractivity contribution in [2.75, 3.05) is 0 Å². The van der Waals surface area contributed by atoms with Crippen molar-refractivity contribution >= 4 is 5.71 Å². The van der Waals surface area contributed by atoms with Crippen molar-refractivity contribution in [2.45, 2.75) is 97.5 Å². The Morgan fingerprint density at radius 3 is 2.41 bits per heavy atom. The molecule has 0 bridgehead atoms. The zero-order chi connectivity index (χ0) is 22.5. The van der Waals surface area contributed by atoms with E-state index in [0.717, 1.165) is 55.1 Å². The van der Waals surface area contributed by atoms with Gasteiger partial charge >= 0.3 is 0 Å². The summed E-state index contributed by atoms with van der Waals surface area (Å²) in [6.45, 7) is 7.23. The molecule has 0 aliphatic heterocycles. The Hall–Kier alpha value is -1.35. The van der Waals surface area contributed by atoms with E-state index < -0.39 is 0 Å². The molecule has 0 amide bonds. The van der Waals surface area contributed by atoms with Crippen LogP contribution in [0.25, 0.3) is 0 Å². The third kappa shape index (κ3) is 3.63. The number of rotatable bonds is 4. The molecule has 4 fully saturated rings. The second-order valence-electron chi connectivity index (χ2n) is 12.3. The maximum Gasteiger partial charge on any atom is 0.0610 e. The summed E-state index contributed by atoms with van der Waals surface area (Å²) < 4.78 is 0. The van der Waals surface area contributed by atoms with Crippen molar-refractivity contribution in [3.8, 4) is 0 Å². The largest absolute Gasteiger partial charge is 0.411 e. The first kappa shape index (κ1) is 22.4. The van der Waals surface area contributed by atoms with Crippen LogP contribution in [-0.4, -0.2) is 22.1 Å². The Balaban J connectivity index is 1.31. The SMILES string of the molecule is Cc1ccc(CC/C(=N\O)[C@H]2CC[C@H]3[C@@H]4CC[C@H]5C[C@@H](O)CC[C@]5(C)[C@H]4CC[C@]23C)cc1. The van der Waals surface area contributed by atoms with Gasteiger partial charge in [-0.25, -0.2) is 0 Å². The molecule has 32 heavy (non-hydrogen) atoms. The fourth-order valence-corrected chi connectivity index (χ4v) is 9.10. The highest BCUT2D eigenvalue weighted by molar-refractivity contribution is 5.87. The first-order chi connectivity index (χ1) is 15.3. The Morgan fingerprint density at radius 2 is 1.66 bits per heavy atom. The van der Waals surface area contributed by atoms with E-state index >= 15 is 0 Å². The highest BCUT2D eigenvalue weighted by atomic mass is 16.4. The van der Waals surface area contributed by atoms with E-state index in [4.69, 9.17) is 0 Å². The lowest BCUT2D eigenvalue weighted by molar-refractivity contribution is -0.123. The van der Waals surface area contributed by atoms with E-state index in [0.29, 0.717) is 11.3 Å². The summed E-state index contributed by atoms with van der Waals surface area (Å²) in [6, 6.07) is 8.80. The normalized spacial score (nSPS) is 43.9. The van der Waals surface area contributed by atoms with Crippen molar-refractivity contribution < 1.29 is 10.3 Å². The number of aliphatic hydroxyl groups is 1. The summed E-state index contributed by atoms with van der Waals surface area (Å²) in [4.78, 5) is 0. The minimum absolute atomic E-state index is 0.0637. The number of fused-ring (bicyclic) bond motifs is 5. The fourth-order valence-electron chi connectivity index (χ4n) is 9.10. The zero-order valence-electron chi connectivity index (χ0n) is 20.4. The first-order valence-electron chi connectivity index (χ1n) is 13.3. The van der Waals surface area contributed by atoms with Crippen LogP contribution < -0.4 is 0 Å². The predicted molar refractivity (Wildman–Crippen MR) is 130 cm³/mol. The molecular weight excluding hydrogens is 394 g/mol. The van der Waals surface area contributed by atoms with Crippen LogP contribution in [0.2, 0.25) is 0 Å². The number of benzene rings is 1. The summed E-state index contributed by atoms with van der Waals surface area (Å²) in [5, 5.41) is 24.2. The minimum atomic E-state index is -0.0637. The van der Waals surface area contributed by atoms with Gasteiger partial charge in [-0.05, 0) is 118 Å². The quantitative estimate of drug-likeness (QED) is 0.310. The van der Waals surface area contributed by atoms with Gasteiger partial charge in [0.2, 0.25) is 0 Å². The molecule has 5 rings (SSSR count). The Kier molecular flexibility index (Phi) is 5.93. The van der Waals surface area contributed by atoms with Gasteiger partial charge in [0.25, 0.3) is 0 Å². The van der Waals surface area contributed by atoms with Crippen LogP contribution in [-0.2, 0) is 6.42 Å². The Morgan fingerprint density at radius 1 is 0.938 bits per heavy atom. The molecule has 4 saturated carbocycles. The molecule has 0 aromatic heterocycles. The maximum absolute atomic E-state index is 10.3. The van der Waals surface area contributed by atoms with Gasteiger partial charge in [-0.1, -0.05) is 48.8 Å². The van der Waals surface area contributed by atoms with Crippen molar-refractivity contribution in [1.82, 2.24) is 0 Å². The summed E-state index contributed by atoms with van der Waals surface area (Å²) >= 11 is 0. The molecule has 8 atom stereocenters. The van der Waals surface area contributed by atoms with Gasteiger partial charge in [0, 0.05) is 5.92 Å². The molecule has 1 aromatic carbocycles. The molecule has 4 aliphatic carbocycles. The Bertz CT molecular complexity index is 847. The van der Waals surface area contributed by atoms with Crippen molar-refractivity contribution in [1.29, 1.82) is 0 Å². The lowest BCUT2D eigenvalue weighted by atomic mass is 9.44. The monoisotopic (exact) mass is 437 g/mol. The number of aryl methyl sites for hydroxylation is 2. The maximum atomic E-state index is 10.3. The second kappa shape index (κ2) is 8.46. The van der Waals surface area contributed by atoms with Crippen molar-refractivity contribution in [3.63, 3.8) is 0 Å². The van der Waals surface area contributed by atoms with E-state index in [-0.39, 0.29) is 11.5 Å². The van der Waals surface area contributed by atoms with Crippen molar-refractivity contribution in [2.24, 2.45) is 45.6 Å². The highest BCUT2D eigenvalue weighted by Gasteiger charge is 2.60. The summed E-state index contributed by atoms with van der Waals surface area (Å²) in [5.74, 6) is 3.58. The molecule has 0 heterocycles.